The molecule has 0 radical (unpaired) electrons. The second-order valence-corrected chi connectivity index (χ2v) is 5.81. The Balaban J connectivity index is 1.85. The zero-order valence-corrected chi connectivity index (χ0v) is 14.7. The first-order chi connectivity index (χ1) is 12.9. The highest BCUT2D eigenvalue weighted by Crippen LogP contribution is 2.19. The number of nitrogens with one attached hydrogen (secondary N) is 1. The summed E-state index contributed by atoms with van der Waals surface area (Å²) in [4.78, 5) is 28.9. The van der Waals surface area contributed by atoms with Gasteiger partial charge in [-0.25, -0.2) is 4.98 Å². The highest BCUT2D eigenvalue weighted by Gasteiger charge is 2.12. The summed E-state index contributed by atoms with van der Waals surface area (Å²) in [7, 11) is 0. The van der Waals surface area contributed by atoms with Crippen molar-refractivity contribution in [3.63, 3.8) is 0 Å². The summed E-state index contributed by atoms with van der Waals surface area (Å²) in [6, 6.07) is 10.5. The van der Waals surface area contributed by atoms with Crippen LogP contribution in [-0.4, -0.2) is 22.1 Å². The number of alkyl halides is 2. The van der Waals surface area contributed by atoms with Crippen LogP contribution in [-0.2, 0) is 6.54 Å². The minimum Gasteiger partial charge on any atom is -0.435 e. The molecule has 3 aromatic rings. The Labute approximate surface area is 153 Å². The third-order valence-corrected chi connectivity index (χ3v) is 4.02. The number of hydrogen-bond acceptors (Lipinski definition) is 4. The average molecular weight is 373 g/mol. The SMILES string of the molecule is CCn1c(=O)c(C)nc2cc(C(=O)Nc3ccc(OC(F)F)cc3)ccc21. The highest BCUT2D eigenvalue weighted by molar-refractivity contribution is 6.05. The molecule has 0 spiro atoms. The molecular formula is C19H17F2N3O3. The Hall–Kier alpha value is -3.29. The van der Waals surface area contributed by atoms with Crippen molar-refractivity contribution >= 4 is 22.6 Å². The fourth-order valence-electron chi connectivity index (χ4n) is 2.75. The van der Waals surface area contributed by atoms with Crippen LogP contribution in [0, 0.1) is 6.92 Å². The van der Waals surface area contributed by atoms with E-state index in [1.807, 2.05) is 6.92 Å². The molecular weight excluding hydrogens is 356 g/mol. The van der Waals surface area contributed by atoms with Crippen LogP contribution in [0.25, 0.3) is 11.0 Å². The molecule has 0 aliphatic heterocycles. The number of aryl methyl sites for hydroxylation is 2. The molecule has 0 aliphatic carbocycles. The predicted octanol–water partition coefficient (Wildman–Crippen LogP) is 3.58. The van der Waals surface area contributed by atoms with Crippen molar-refractivity contribution in [1.82, 2.24) is 9.55 Å². The quantitative estimate of drug-likeness (QED) is 0.742. The van der Waals surface area contributed by atoms with Crippen molar-refractivity contribution in [3.05, 3.63) is 64.1 Å². The van der Waals surface area contributed by atoms with E-state index in [1.165, 1.54) is 24.3 Å². The van der Waals surface area contributed by atoms with Gasteiger partial charge in [0.1, 0.15) is 11.4 Å². The average Bonchev–Trinajstić information content (AvgIpc) is 2.63. The van der Waals surface area contributed by atoms with Crippen molar-refractivity contribution in [2.45, 2.75) is 27.0 Å². The second-order valence-electron chi connectivity index (χ2n) is 5.81. The molecule has 6 nitrogen and oxygen atoms in total. The van der Waals surface area contributed by atoms with Gasteiger partial charge in [0, 0.05) is 17.8 Å². The van der Waals surface area contributed by atoms with E-state index < -0.39 is 6.61 Å². The number of aromatic nitrogens is 2. The summed E-state index contributed by atoms with van der Waals surface area (Å²) in [5.74, 6) is -0.376. The van der Waals surface area contributed by atoms with Gasteiger partial charge in [-0.2, -0.15) is 8.78 Å². The number of benzene rings is 2. The zero-order chi connectivity index (χ0) is 19.6. The number of fused-ring (bicyclic) bond motifs is 1. The largest absolute Gasteiger partial charge is 0.435 e. The molecule has 0 bridgehead atoms. The fraction of sp³-hybridized carbons (Fsp3) is 0.211. The van der Waals surface area contributed by atoms with E-state index in [0.29, 0.717) is 34.5 Å². The lowest BCUT2D eigenvalue weighted by Gasteiger charge is -2.11. The zero-order valence-electron chi connectivity index (χ0n) is 14.7. The number of nitrogens with zero attached hydrogens (tertiary/aromatic N) is 2. The van der Waals surface area contributed by atoms with Crippen LogP contribution in [0.5, 0.6) is 5.75 Å². The summed E-state index contributed by atoms with van der Waals surface area (Å²) in [6.07, 6.45) is 0. The van der Waals surface area contributed by atoms with Crippen LogP contribution in [0.1, 0.15) is 23.0 Å². The van der Waals surface area contributed by atoms with Gasteiger partial charge in [-0.05, 0) is 56.3 Å². The molecule has 140 valence electrons. The molecule has 0 unspecified atom stereocenters. The summed E-state index contributed by atoms with van der Waals surface area (Å²) in [5.41, 5.74) is 2.19. The molecule has 8 heteroatoms. The monoisotopic (exact) mass is 373 g/mol. The van der Waals surface area contributed by atoms with Crippen LogP contribution >= 0.6 is 0 Å². The number of anilines is 1. The van der Waals surface area contributed by atoms with E-state index in [-0.39, 0.29) is 17.2 Å². The lowest BCUT2D eigenvalue weighted by Crippen LogP contribution is -2.23. The van der Waals surface area contributed by atoms with Gasteiger partial charge in [-0.1, -0.05) is 0 Å². The maximum atomic E-state index is 12.5. The fourth-order valence-corrected chi connectivity index (χ4v) is 2.75. The number of hydrogen-bond donors (Lipinski definition) is 1. The number of halogens is 2. The first kappa shape index (κ1) is 18.5. The lowest BCUT2D eigenvalue weighted by molar-refractivity contribution is -0.0498. The van der Waals surface area contributed by atoms with Crippen LogP contribution in [0.4, 0.5) is 14.5 Å². The third kappa shape index (κ3) is 3.94. The number of carbonyl (C=O) groups excluding carboxylic acids is 1. The summed E-state index contributed by atoms with van der Waals surface area (Å²) in [6.45, 7) is 1.09. The van der Waals surface area contributed by atoms with Crippen molar-refractivity contribution < 1.29 is 18.3 Å². The van der Waals surface area contributed by atoms with Crippen molar-refractivity contribution in [2.75, 3.05) is 5.32 Å². The van der Waals surface area contributed by atoms with Gasteiger partial charge in [0.15, 0.2) is 0 Å². The van der Waals surface area contributed by atoms with E-state index >= 15 is 0 Å². The van der Waals surface area contributed by atoms with Gasteiger partial charge in [0.25, 0.3) is 11.5 Å². The molecule has 2 aromatic carbocycles. The highest BCUT2D eigenvalue weighted by atomic mass is 19.3. The molecule has 0 saturated carbocycles. The Bertz CT molecular complexity index is 1050. The Morgan fingerprint density at radius 2 is 1.93 bits per heavy atom. The second kappa shape index (κ2) is 7.53. The van der Waals surface area contributed by atoms with E-state index in [9.17, 15) is 18.4 Å². The molecule has 1 amide bonds. The minimum absolute atomic E-state index is 0.00548. The maximum absolute atomic E-state index is 12.5. The van der Waals surface area contributed by atoms with Crippen LogP contribution < -0.4 is 15.6 Å². The molecule has 0 saturated heterocycles. The molecule has 0 fully saturated rings. The summed E-state index contributed by atoms with van der Waals surface area (Å²) < 4.78 is 30.2. The molecule has 1 N–H and O–H groups in total. The summed E-state index contributed by atoms with van der Waals surface area (Å²) >= 11 is 0. The smallest absolute Gasteiger partial charge is 0.387 e. The topological polar surface area (TPSA) is 73.2 Å². The van der Waals surface area contributed by atoms with E-state index in [0.717, 1.165) is 0 Å². The number of ether oxygens (including phenoxy) is 1. The number of amides is 1. The van der Waals surface area contributed by atoms with Gasteiger partial charge in [-0.3, -0.25) is 9.59 Å². The minimum atomic E-state index is -2.90. The Kier molecular flexibility index (Phi) is 5.16. The van der Waals surface area contributed by atoms with E-state index in [2.05, 4.69) is 15.0 Å². The van der Waals surface area contributed by atoms with Crippen LogP contribution in [0.2, 0.25) is 0 Å². The molecule has 1 aromatic heterocycles. The predicted molar refractivity (Wildman–Crippen MR) is 97.4 cm³/mol. The third-order valence-electron chi connectivity index (χ3n) is 4.02. The lowest BCUT2D eigenvalue weighted by atomic mass is 10.1. The number of carbonyl (C=O) groups is 1. The Morgan fingerprint density at radius 3 is 2.56 bits per heavy atom. The van der Waals surface area contributed by atoms with Crippen LogP contribution in [0.15, 0.2) is 47.3 Å². The molecule has 0 aliphatic rings. The van der Waals surface area contributed by atoms with Crippen molar-refractivity contribution in [1.29, 1.82) is 0 Å². The van der Waals surface area contributed by atoms with Crippen molar-refractivity contribution in [3.8, 4) is 5.75 Å². The Morgan fingerprint density at radius 1 is 1.22 bits per heavy atom. The molecule has 1 heterocycles. The van der Waals surface area contributed by atoms with Gasteiger partial charge in [-0.15, -0.1) is 0 Å². The van der Waals surface area contributed by atoms with Crippen molar-refractivity contribution in [2.24, 2.45) is 0 Å². The maximum Gasteiger partial charge on any atom is 0.387 e. The summed E-state index contributed by atoms with van der Waals surface area (Å²) in [5, 5.41) is 2.68. The molecule has 3 rings (SSSR count). The van der Waals surface area contributed by atoms with Crippen LogP contribution in [0.3, 0.4) is 0 Å². The van der Waals surface area contributed by atoms with E-state index in [4.69, 9.17) is 0 Å². The first-order valence-corrected chi connectivity index (χ1v) is 8.26. The van der Waals surface area contributed by atoms with Gasteiger partial charge in [0.05, 0.1) is 11.0 Å². The normalized spacial score (nSPS) is 11.0. The van der Waals surface area contributed by atoms with Gasteiger partial charge >= 0.3 is 6.61 Å². The standard InChI is InChI=1S/C19H17F2N3O3/c1-3-24-16-9-4-12(10-15(16)22-11(2)18(24)26)17(25)23-13-5-7-14(8-6-13)27-19(20)21/h4-10,19H,3H2,1-2H3,(H,23,25). The van der Waals surface area contributed by atoms with Gasteiger partial charge < -0.3 is 14.6 Å². The van der Waals surface area contributed by atoms with E-state index in [1.54, 1.807) is 29.7 Å². The first-order valence-electron chi connectivity index (χ1n) is 8.26. The van der Waals surface area contributed by atoms with Gasteiger partial charge in [0.2, 0.25) is 0 Å². The molecule has 27 heavy (non-hydrogen) atoms. The molecule has 0 atom stereocenters. The number of rotatable bonds is 5.